The summed E-state index contributed by atoms with van der Waals surface area (Å²) in [6.07, 6.45) is 3.22. The van der Waals surface area contributed by atoms with Gasteiger partial charge >= 0.3 is 0 Å². The van der Waals surface area contributed by atoms with Gasteiger partial charge in [0.25, 0.3) is 0 Å². The molecule has 1 aliphatic carbocycles. The number of aromatic amines is 1. The Balaban J connectivity index is 2.02. The molecule has 3 rings (SSSR count). The minimum absolute atomic E-state index is 0.130. The predicted octanol–water partition coefficient (Wildman–Crippen LogP) is 3.56. The van der Waals surface area contributed by atoms with E-state index in [1.54, 1.807) is 0 Å². The van der Waals surface area contributed by atoms with E-state index < -0.39 is 0 Å². The normalized spacial score (nSPS) is 17.2. The Morgan fingerprint density at radius 3 is 2.79 bits per heavy atom. The topological polar surface area (TPSA) is 48.9 Å². The summed E-state index contributed by atoms with van der Waals surface area (Å²) < 4.78 is 1.05. The molecule has 1 heterocycles. The standard InChI is InChI=1S/C15H17BrN2O/c1-10-13(11-4-2-5-12(16)8-11)18-14(17-10)15(9-19)6-3-7-15/h2,4-5,8,19H,3,6-7,9H2,1H3,(H,17,18). The predicted molar refractivity (Wildman–Crippen MR) is 79.1 cm³/mol. The molecular formula is C15H17BrN2O. The fraction of sp³-hybridized carbons (Fsp3) is 0.400. The number of aromatic nitrogens is 2. The van der Waals surface area contributed by atoms with Crippen molar-refractivity contribution in [1.29, 1.82) is 0 Å². The van der Waals surface area contributed by atoms with Crippen LogP contribution in [-0.2, 0) is 5.41 Å². The maximum atomic E-state index is 9.64. The van der Waals surface area contributed by atoms with E-state index in [0.29, 0.717) is 0 Å². The van der Waals surface area contributed by atoms with Crippen molar-refractivity contribution >= 4 is 15.9 Å². The van der Waals surface area contributed by atoms with Gasteiger partial charge in [0, 0.05) is 15.7 Å². The highest BCUT2D eigenvalue weighted by Crippen LogP contribution is 2.42. The molecule has 0 bridgehead atoms. The molecule has 0 saturated heterocycles. The van der Waals surface area contributed by atoms with Crippen molar-refractivity contribution < 1.29 is 5.11 Å². The van der Waals surface area contributed by atoms with Crippen molar-refractivity contribution in [3.8, 4) is 11.3 Å². The molecule has 0 unspecified atom stereocenters. The number of aryl methyl sites for hydroxylation is 1. The SMILES string of the molecule is Cc1[nH]c(C2(CO)CCC2)nc1-c1cccc(Br)c1. The van der Waals surface area contributed by atoms with Crippen LogP contribution in [0.4, 0.5) is 0 Å². The minimum atomic E-state index is -0.130. The van der Waals surface area contributed by atoms with E-state index >= 15 is 0 Å². The summed E-state index contributed by atoms with van der Waals surface area (Å²) in [7, 11) is 0. The molecule has 0 aliphatic heterocycles. The summed E-state index contributed by atoms with van der Waals surface area (Å²) in [4.78, 5) is 8.12. The second kappa shape index (κ2) is 4.76. The number of hydrogen-bond acceptors (Lipinski definition) is 2. The van der Waals surface area contributed by atoms with Crippen molar-refractivity contribution in [2.75, 3.05) is 6.61 Å². The highest BCUT2D eigenvalue weighted by atomic mass is 79.9. The van der Waals surface area contributed by atoms with Crippen LogP contribution in [0.2, 0.25) is 0 Å². The maximum absolute atomic E-state index is 9.64. The van der Waals surface area contributed by atoms with Gasteiger partial charge in [0.05, 0.1) is 17.7 Å². The van der Waals surface area contributed by atoms with Crippen molar-refractivity contribution in [3.63, 3.8) is 0 Å². The maximum Gasteiger partial charge on any atom is 0.115 e. The smallest absolute Gasteiger partial charge is 0.115 e. The molecule has 0 spiro atoms. The Morgan fingerprint density at radius 1 is 1.42 bits per heavy atom. The molecule has 3 nitrogen and oxygen atoms in total. The second-order valence-corrected chi connectivity index (χ2v) is 6.28. The number of aliphatic hydroxyl groups is 1. The summed E-state index contributed by atoms with van der Waals surface area (Å²) in [6, 6.07) is 8.15. The van der Waals surface area contributed by atoms with Gasteiger partial charge in [0.1, 0.15) is 5.82 Å². The van der Waals surface area contributed by atoms with Gasteiger partial charge in [-0.2, -0.15) is 0 Å². The number of benzene rings is 1. The average molecular weight is 321 g/mol. The molecule has 0 amide bonds. The van der Waals surface area contributed by atoms with E-state index in [0.717, 1.165) is 40.1 Å². The molecule has 1 saturated carbocycles. The van der Waals surface area contributed by atoms with Gasteiger partial charge in [-0.05, 0) is 31.9 Å². The largest absolute Gasteiger partial charge is 0.395 e. The zero-order valence-corrected chi connectivity index (χ0v) is 12.5. The van der Waals surface area contributed by atoms with Crippen LogP contribution in [0.1, 0.15) is 30.8 Å². The Morgan fingerprint density at radius 2 is 2.21 bits per heavy atom. The quantitative estimate of drug-likeness (QED) is 0.908. The first-order valence-electron chi connectivity index (χ1n) is 6.58. The van der Waals surface area contributed by atoms with Crippen molar-refractivity contribution in [2.45, 2.75) is 31.6 Å². The number of aliphatic hydroxyl groups excluding tert-OH is 1. The van der Waals surface area contributed by atoms with E-state index in [4.69, 9.17) is 4.98 Å². The van der Waals surface area contributed by atoms with Crippen LogP contribution in [-0.4, -0.2) is 21.7 Å². The summed E-state index contributed by atoms with van der Waals surface area (Å²) in [5.74, 6) is 0.939. The first-order valence-corrected chi connectivity index (χ1v) is 7.38. The van der Waals surface area contributed by atoms with Gasteiger partial charge in [0.15, 0.2) is 0 Å². The van der Waals surface area contributed by atoms with Crippen molar-refractivity contribution in [3.05, 3.63) is 40.3 Å². The summed E-state index contributed by atoms with van der Waals surface area (Å²) >= 11 is 3.49. The first kappa shape index (κ1) is 12.9. The monoisotopic (exact) mass is 320 g/mol. The molecule has 100 valence electrons. The first-order chi connectivity index (χ1) is 9.14. The Kier molecular flexibility index (Phi) is 3.23. The van der Waals surface area contributed by atoms with E-state index in [-0.39, 0.29) is 12.0 Å². The van der Waals surface area contributed by atoms with Crippen LogP contribution in [0.5, 0.6) is 0 Å². The summed E-state index contributed by atoms with van der Waals surface area (Å²) in [6.45, 7) is 2.22. The summed E-state index contributed by atoms with van der Waals surface area (Å²) in [5, 5.41) is 9.64. The number of hydrogen-bond donors (Lipinski definition) is 2. The lowest BCUT2D eigenvalue weighted by Gasteiger charge is -2.38. The highest BCUT2D eigenvalue weighted by Gasteiger charge is 2.41. The van der Waals surface area contributed by atoms with Gasteiger partial charge in [-0.25, -0.2) is 4.98 Å². The van der Waals surface area contributed by atoms with Gasteiger partial charge in [-0.1, -0.05) is 34.5 Å². The van der Waals surface area contributed by atoms with E-state index in [9.17, 15) is 5.11 Å². The number of rotatable bonds is 3. The molecule has 1 aliphatic rings. The fourth-order valence-electron chi connectivity index (χ4n) is 2.70. The molecule has 2 N–H and O–H groups in total. The number of nitrogens with zero attached hydrogens (tertiary/aromatic N) is 1. The third-order valence-corrected chi connectivity index (χ3v) is 4.59. The van der Waals surface area contributed by atoms with Crippen LogP contribution in [0, 0.1) is 6.92 Å². The van der Waals surface area contributed by atoms with E-state index in [1.165, 1.54) is 6.42 Å². The molecule has 0 radical (unpaired) electrons. The lowest BCUT2D eigenvalue weighted by atomic mass is 9.69. The summed E-state index contributed by atoms with van der Waals surface area (Å²) in [5.41, 5.74) is 3.01. The van der Waals surface area contributed by atoms with E-state index in [2.05, 4.69) is 33.0 Å². The van der Waals surface area contributed by atoms with Crippen LogP contribution in [0.3, 0.4) is 0 Å². The van der Waals surface area contributed by atoms with Gasteiger partial charge in [0.2, 0.25) is 0 Å². The van der Waals surface area contributed by atoms with Crippen LogP contribution in [0.25, 0.3) is 11.3 Å². The zero-order valence-electron chi connectivity index (χ0n) is 10.9. The fourth-order valence-corrected chi connectivity index (χ4v) is 3.10. The van der Waals surface area contributed by atoms with E-state index in [1.807, 2.05) is 19.1 Å². The second-order valence-electron chi connectivity index (χ2n) is 5.36. The lowest BCUT2D eigenvalue weighted by molar-refractivity contribution is 0.113. The van der Waals surface area contributed by atoms with Gasteiger partial charge < -0.3 is 10.1 Å². The number of halogens is 1. The van der Waals surface area contributed by atoms with Gasteiger partial charge in [-0.3, -0.25) is 0 Å². The van der Waals surface area contributed by atoms with Crippen molar-refractivity contribution in [1.82, 2.24) is 9.97 Å². The number of H-pyrrole nitrogens is 1. The van der Waals surface area contributed by atoms with Crippen LogP contribution in [0.15, 0.2) is 28.7 Å². The lowest BCUT2D eigenvalue weighted by Crippen LogP contribution is -2.39. The molecule has 4 heteroatoms. The number of imidazole rings is 1. The molecule has 19 heavy (non-hydrogen) atoms. The van der Waals surface area contributed by atoms with Gasteiger partial charge in [-0.15, -0.1) is 0 Å². The molecule has 1 fully saturated rings. The molecule has 1 aromatic heterocycles. The van der Waals surface area contributed by atoms with Crippen LogP contribution < -0.4 is 0 Å². The Hall–Kier alpha value is -1.13. The minimum Gasteiger partial charge on any atom is -0.395 e. The average Bonchev–Trinajstić information content (AvgIpc) is 2.71. The molecule has 1 aromatic carbocycles. The zero-order chi connectivity index (χ0) is 13.5. The third kappa shape index (κ3) is 2.13. The number of nitrogens with one attached hydrogen (secondary N) is 1. The van der Waals surface area contributed by atoms with Crippen molar-refractivity contribution in [2.24, 2.45) is 0 Å². The highest BCUT2D eigenvalue weighted by molar-refractivity contribution is 9.10. The van der Waals surface area contributed by atoms with Crippen LogP contribution >= 0.6 is 15.9 Å². The Labute approximate surface area is 121 Å². The molecule has 2 aromatic rings. The Bertz CT molecular complexity index is 596. The molecule has 0 atom stereocenters. The third-order valence-electron chi connectivity index (χ3n) is 4.10. The molecular weight excluding hydrogens is 304 g/mol.